The lowest BCUT2D eigenvalue weighted by Gasteiger charge is -2.18. The van der Waals surface area contributed by atoms with Crippen LogP contribution in [0.2, 0.25) is 0 Å². The van der Waals surface area contributed by atoms with E-state index in [1.165, 1.54) is 17.5 Å². The van der Waals surface area contributed by atoms with Crippen LogP contribution in [0.25, 0.3) is 0 Å². The summed E-state index contributed by atoms with van der Waals surface area (Å²) in [5.41, 5.74) is 6.71. The van der Waals surface area contributed by atoms with Gasteiger partial charge in [0.1, 0.15) is 0 Å². The number of nitrogens with zero attached hydrogens (tertiary/aromatic N) is 1. The van der Waals surface area contributed by atoms with E-state index in [2.05, 4.69) is 4.74 Å². The first-order valence-electron chi connectivity index (χ1n) is 6.72. The zero-order valence-corrected chi connectivity index (χ0v) is 14.4. The first-order chi connectivity index (χ1) is 9.77. The molecule has 1 aliphatic heterocycles. The lowest BCUT2D eigenvalue weighted by atomic mass is 10.1. The van der Waals surface area contributed by atoms with Gasteiger partial charge >= 0.3 is 5.97 Å². The Morgan fingerprint density at radius 3 is 2.50 bits per heavy atom. The number of hydrogen-bond acceptors (Lipinski definition) is 5. The molecule has 2 unspecified atom stereocenters. The summed E-state index contributed by atoms with van der Waals surface area (Å²) in [4.78, 5) is 11.7. The average Bonchev–Trinajstić information content (AvgIpc) is 2.79. The third kappa shape index (κ3) is 3.43. The second-order valence-electron chi connectivity index (χ2n) is 5.44. The molecule has 0 amide bonds. The molecule has 2 rings (SSSR count). The fraction of sp³-hybridized carbons (Fsp3) is 0.500. The zero-order valence-electron chi connectivity index (χ0n) is 12.8. The molecule has 22 heavy (non-hydrogen) atoms. The van der Waals surface area contributed by atoms with E-state index in [-0.39, 0.29) is 34.8 Å². The van der Waals surface area contributed by atoms with Gasteiger partial charge in [0.2, 0.25) is 10.0 Å². The zero-order chi connectivity index (χ0) is 15.8. The minimum Gasteiger partial charge on any atom is -0.465 e. The predicted molar refractivity (Wildman–Crippen MR) is 85.7 cm³/mol. The van der Waals surface area contributed by atoms with Crippen molar-refractivity contribution in [2.24, 2.45) is 11.7 Å². The van der Waals surface area contributed by atoms with Crippen LogP contribution in [0.4, 0.5) is 0 Å². The maximum atomic E-state index is 12.7. The van der Waals surface area contributed by atoms with Crippen molar-refractivity contribution in [1.82, 2.24) is 4.31 Å². The van der Waals surface area contributed by atoms with Gasteiger partial charge in [0.15, 0.2) is 0 Å². The highest BCUT2D eigenvalue weighted by Gasteiger charge is 2.36. The monoisotopic (exact) mass is 348 g/mol. The Labute approximate surface area is 137 Å². The topological polar surface area (TPSA) is 89.7 Å². The second-order valence-corrected chi connectivity index (χ2v) is 7.34. The Kier molecular flexibility index (Phi) is 5.97. The Hall–Kier alpha value is -1.15. The molecule has 1 aliphatic rings. The molecule has 2 atom stereocenters. The predicted octanol–water partition coefficient (Wildman–Crippen LogP) is 1.17. The lowest BCUT2D eigenvalue weighted by molar-refractivity contribution is 0.0600. The van der Waals surface area contributed by atoms with E-state index in [0.29, 0.717) is 18.7 Å². The summed E-state index contributed by atoms with van der Waals surface area (Å²) in [7, 11) is -2.39. The minimum absolute atomic E-state index is 0. The Bertz CT molecular complexity index is 653. The molecule has 0 radical (unpaired) electrons. The molecular formula is C14H21ClN2O4S. The summed E-state index contributed by atoms with van der Waals surface area (Å²) >= 11 is 0. The fourth-order valence-corrected chi connectivity index (χ4v) is 4.23. The van der Waals surface area contributed by atoms with Gasteiger partial charge in [0, 0.05) is 19.1 Å². The molecular weight excluding hydrogens is 328 g/mol. The number of carbonyl (C=O) groups excluding carboxylic acids is 1. The molecule has 0 bridgehead atoms. The highest BCUT2D eigenvalue weighted by Crippen LogP contribution is 2.26. The Morgan fingerprint density at radius 1 is 1.36 bits per heavy atom. The minimum atomic E-state index is -3.65. The highest BCUT2D eigenvalue weighted by atomic mass is 35.5. The molecule has 1 aromatic carbocycles. The van der Waals surface area contributed by atoms with Gasteiger partial charge in [-0.15, -0.1) is 12.4 Å². The van der Waals surface area contributed by atoms with Crippen molar-refractivity contribution in [2.75, 3.05) is 20.2 Å². The van der Waals surface area contributed by atoms with Gasteiger partial charge < -0.3 is 10.5 Å². The van der Waals surface area contributed by atoms with Crippen LogP contribution in [0.5, 0.6) is 0 Å². The van der Waals surface area contributed by atoms with E-state index in [1.54, 1.807) is 19.1 Å². The lowest BCUT2D eigenvalue weighted by Crippen LogP contribution is -2.32. The fourth-order valence-electron chi connectivity index (χ4n) is 2.40. The van der Waals surface area contributed by atoms with Gasteiger partial charge in [0.05, 0.1) is 17.6 Å². The molecule has 124 valence electrons. The van der Waals surface area contributed by atoms with Gasteiger partial charge in [-0.1, -0.05) is 13.0 Å². The van der Waals surface area contributed by atoms with Crippen LogP contribution in [0, 0.1) is 12.8 Å². The second kappa shape index (κ2) is 6.95. The third-order valence-corrected chi connectivity index (χ3v) is 5.84. The van der Waals surface area contributed by atoms with Crippen molar-refractivity contribution < 1.29 is 17.9 Å². The summed E-state index contributed by atoms with van der Waals surface area (Å²) in [6, 6.07) is 4.37. The van der Waals surface area contributed by atoms with Gasteiger partial charge in [-0.3, -0.25) is 0 Å². The van der Waals surface area contributed by atoms with E-state index >= 15 is 0 Å². The van der Waals surface area contributed by atoms with Crippen molar-refractivity contribution >= 4 is 28.4 Å². The van der Waals surface area contributed by atoms with E-state index in [9.17, 15) is 13.2 Å². The summed E-state index contributed by atoms with van der Waals surface area (Å²) in [5.74, 6) is -0.443. The molecule has 0 spiro atoms. The molecule has 8 heteroatoms. The van der Waals surface area contributed by atoms with Crippen LogP contribution in [0.3, 0.4) is 0 Å². The molecule has 6 nitrogen and oxygen atoms in total. The van der Waals surface area contributed by atoms with Crippen LogP contribution in [0.15, 0.2) is 23.1 Å². The van der Waals surface area contributed by atoms with Crippen LogP contribution >= 0.6 is 12.4 Å². The number of rotatable bonds is 3. The smallest absolute Gasteiger partial charge is 0.337 e. The van der Waals surface area contributed by atoms with Gasteiger partial charge in [0.25, 0.3) is 0 Å². The highest BCUT2D eigenvalue weighted by molar-refractivity contribution is 7.89. The van der Waals surface area contributed by atoms with Crippen molar-refractivity contribution in [1.29, 1.82) is 0 Å². The molecule has 1 heterocycles. The molecule has 0 aromatic heterocycles. The van der Waals surface area contributed by atoms with Gasteiger partial charge in [-0.05, 0) is 30.5 Å². The quantitative estimate of drug-likeness (QED) is 0.828. The number of carbonyl (C=O) groups is 1. The number of nitrogens with two attached hydrogens (primary N) is 1. The van der Waals surface area contributed by atoms with E-state index in [1.807, 2.05) is 6.92 Å². The Morgan fingerprint density at radius 2 is 2.00 bits per heavy atom. The Balaban J connectivity index is 0.00000242. The number of esters is 1. The van der Waals surface area contributed by atoms with Crippen molar-refractivity contribution in [3.8, 4) is 0 Å². The molecule has 0 saturated carbocycles. The molecule has 2 N–H and O–H groups in total. The molecule has 1 saturated heterocycles. The molecule has 1 aromatic rings. The standard InChI is InChI=1S/C14H20N2O4S.ClH/c1-9-4-5-11(14(17)20-3)6-13(9)21(18,19)16-7-10(2)12(15)8-16;/h4-6,10,12H,7-8,15H2,1-3H3;1H. The van der Waals surface area contributed by atoms with E-state index in [0.717, 1.165) is 0 Å². The van der Waals surface area contributed by atoms with E-state index in [4.69, 9.17) is 5.73 Å². The first-order valence-corrected chi connectivity index (χ1v) is 8.16. The molecule has 0 aliphatic carbocycles. The van der Waals surface area contributed by atoms with Crippen LogP contribution in [0.1, 0.15) is 22.8 Å². The van der Waals surface area contributed by atoms with Gasteiger partial charge in [-0.25, -0.2) is 13.2 Å². The normalized spacial score (nSPS) is 22.2. The van der Waals surface area contributed by atoms with Crippen molar-refractivity contribution in [3.63, 3.8) is 0 Å². The number of hydrogen-bond donors (Lipinski definition) is 1. The maximum Gasteiger partial charge on any atom is 0.337 e. The maximum absolute atomic E-state index is 12.7. The first kappa shape index (κ1) is 18.9. The molecule has 1 fully saturated rings. The van der Waals surface area contributed by atoms with Crippen LogP contribution in [-0.4, -0.2) is 44.9 Å². The SMILES string of the molecule is COC(=O)c1ccc(C)c(S(=O)(=O)N2CC(C)C(N)C2)c1.Cl. The number of aryl methyl sites for hydroxylation is 1. The van der Waals surface area contributed by atoms with E-state index < -0.39 is 16.0 Å². The van der Waals surface area contributed by atoms with Crippen molar-refractivity contribution in [2.45, 2.75) is 24.8 Å². The number of methoxy groups -OCH3 is 1. The summed E-state index contributed by atoms with van der Waals surface area (Å²) in [6.45, 7) is 4.32. The number of ether oxygens (including phenoxy) is 1. The van der Waals surface area contributed by atoms with Crippen molar-refractivity contribution in [3.05, 3.63) is 29.3 Å². The summed E-state index contributed by atoms with van der Waals surface area (Å²) in [6.07, 6.45) is 0. The summed E-state index contributed by atoms with van der Waals surface area (Å²) < 4.78 is 31.5. The number of sulfonamides is 1. The van der Waals surface area contributed by atoms with Crippen LogP contribution in [-0.2, 0) is 14.8 Å². The van der Waals surface area contributed by atoms with Gasteiger partial charge in [-0.2, -0.15) is 4.31 Å². The summed E-state index contributed by atoms with van der Waals surface area (Å²) in [5, 5.41) is 0. The largest absolute Gasteiger partial charge is 0.465 e. The van der Waals surface area contributed by atoms with Crippen LogP contribution < -0.4 is 5.73 Å². The number of halogens is 1. The third-order valence-electron chi connectivity index (χ3n) is 3.86. The average molecular weight is 349 g/mol. The number of benzene rings is 1.